The van der Waals surface area contributed by atoms with Gasteiger partial charge in [-0.1, -0.05) is 18.2 Å². The van der Waals surface area contributed by atoms with E-state index in [1.807, 2.05) is 25.2 Å². The summed E-state index contributed by atoms with van der Waals surface area (Å²) in [7, 11) is 2.04. The molecule has 1 fully saturated rings. The van der Waals surface area contributed by atoms with Crippen LogP contribution in [0.1, 0.15) is 6.42 Å². The maximum Gasteiger partial charge on any atom is 0.234 e. The molecule has 0 atom stereocenters. The van der Waals surface area contributed by atoms with Gasteiger partial charge >= 0.3 is 0 Å². The van der Waals surface area contributed by atoms with Crippen LogP contribution in [0.2, 0.25) is 0 Å². The van der Waals surface area contributed by atoms with Crippen molar-refractivity contribution in [3.8, 4) is 0 Å². The molecular formula is C16H26N4O. The van der Waals surface area contributed by atoms with Gasteiger partial charge in [-0.3, -0.25) is 9.69 Å². The minimum atomic E-state index is 0.123. The van der Waals surface area contributed by atoms with Gasteiger partial charge in [0, 0.05) is 38.9 Å². The summed E-state index contributed by atoms with van der Waals surface area (Å²) in [4.78, 5) is 16.3. The Morgan fingerprint density at radius 3 is 2.90 bits per heavy atom. The van der Waals surface area contributed by atoms with Crippen LogP contribution in [-0.2, 0) is 4.79 Å². The van der Waals surface area contributed by atoms with Gasteiger partial charge < -0.3 is 15.5 Å². The first-order chi connectivity index (χ1) is 10.3. The molecule has 1 aromatic carbocycles. The molecule has 0 spiro atoms. The molecule has 1 heterocycles. The molecule has 116 valence electrons. The smallest absolute Gasteiger partial charge is 0.234 e. The Hall–Kier alpha value is -1.59. The lowest BCUT2D eigenvalue weighted by Crippen LogP contribution is -2.41. The molecule has 5 heteroatoms. The second-order valence-corrected chi connectivity index (χ2v) is 5.49. The second-order valence-electron chi connectivity index (χ2n) is 5.49. The fourth-order valence-electron chi connectivity index (χ4n) is 2.49. The van der Waals surface area contributed by atoms with Gasteiger partial charge in [-0.05, 0) is 31.6 Å². The van der Waals surface area contributed by atoms with E-state index < -0.39 is 0 Å². The number of para-hydroxylation sites is 1. The summed E-state index contributed by atoms with van der Waals surface area (Å²) in [5.74, 6) is 0.123. The summed E-state index contributed by atoms with van der Waals surface area (Å²) in [5, 5.41) is 6.36. The third-order valence-corrected chi connectivity index (χ3v) is 3.77. The minimum Gasteiger partial charge on any atom is -0.373 e. The number of carbonyl (C=O) groups excluding carboxylic acids is 1. The summed E-state index contributed by atoms with van der Waals surface area (Å²) in [6, 6.07) is 10.2. The van der Waals surface area contributed by atoms with E-state index >= 15 is 0 Å². The Kier molecular flexibility index (Phi) is 6.50. The highest BCUT2D eigenvalue weighted by molar-refractivity contribution is 5.78. The predicted octanol–water partition coefficient (Wildman–Crippen LogP) is 0.534. The van der Waals surface area contributed by atoms with E-state index in [9.17, 15) is 4.79 Å². The minimum absolute atomic E-state index is 0.123. The van der Waals surface area contributed by atoms with Crippen molar-refractivity contribution < 1.29 is 4.79 Å². The lowest BCUT2D eigenvalue weighted by molar-refractivity contribution is -0.122. The van der Waals surface area contributed by atoms with Gasteiger partial charge in [0.05, 0.1) is 6.54 Å². The Labute approximate surface area is 127 Å². The summed E-state index contributed by atoms with van der Waals surface area (Å²) in [5.41, 5.74) is 1.17. The number of hydrogen-bond acceptors (Lipinski definition) is 4. The van der Waals surface area contributed by atoms with Crippen LogP contribution in [0.5, 0.6) is 0 Å². The van der Waals surface area contributed by atoms with Crippen molar-refractivity contribution in [3.05, 3.63) is 30.3 Å². The van der Waals surface area contributed by atoms with Crippen molar-refractivity contribution in [2.75, 3.05) is 57.8 Å². The normalized spacial score (nSPS) is 16.2. The van der Waals surface area contributed by atoms with Gasteiger partial charge in [-0.2, -0.15) is 0 Å². The number of nitrogens with zero attached hydrogens (tertiary/aromatic N) is 2. The zero-order valence-corrected chi connectivity index (χ0v) is 12.8. The van der Waals surface area contributed by atoms with Crippen LogP contribution in [0.25, 0.3) is 0 Å². The summed E-state index contributed by atoms with van der Waals surface area (Å²) in [6.07, 6.45) is 1.12. The highest BCUT2D eigenvalue weighted by atomic mass is 16.2. The SMILES string of the molecule is CN(CCNC(=O)CN1CCCNCC1)c1ccccc1. The average molecular weight is 290 g/mol. The van der Waals surface area contributed by atoms with Crippen molar-refractivity contribution >= 4 is 11.6 Å². The fourth-order valence-corrected chi connectivity index (χ4v) is 2.49. The molecule has 0 unspecified atom stereocenters. The van der Waals surface area contributed by atoms with Crippen molar-refractivity contribution in [2.24, 2.45) is 0 Å². The summed E-state index contributed by atoms with van der Waals surface area (Å²) in [6.45, 7) is 6.00. The molecule has 1 amide bonds. The molecule has 0 bridgehead atoms. The first-order valence-corrected chi connectivity index (χ1v) is 7.71. The van der Waals surface area contributed by atoms with Gasteiger partial charge in [0.2, 0.25) is 5.91 Å². The number of amides is 1. The molecule has 21 heavy (non-hydrogen) atoms. The van der Waals surface area contributed by atoms with Crippen molar-refractivity contribution in [1.29, 1.82) is 0 Å². The Morgan fingerprint density at radius 1 is 1.29 bits per heavy atom. The van der Waals surface area contributed by atoms with E-state index in [2.05, 4.69) is 32.6 Å². The Balaban J connectivity index is 1.64. The quantitative estimate of drug-likeness (QED) is 0.802. The molecule has 1 saturated heterocycles. The summed E-state index contributed by atoms with van der Waals surface area (Å²) >= 11 is 0. The summed E-state index contributed by atoms with van der Waals surface area (Å²) < 4.78 is 0. The molecule has 0 radical (unpaired) electrons. The molecule has 1 aliphatic rings. The molecule has 0 aromatic heterocycles. The van der Waals surface area contributed by atoms with E-state index in [4.69, 9.17) is 0 Å². The Morgan fingerprint density at radius 2 is 2.10 bits per heavy atom. The van der Waals surface area contributed by atoms with Crippen LogP contribution in [0.4, 0.5) is 5.69 Å². The van der Waals surface area contributed by atoms with Crippen LogP contribution in [-0.4, -0.2) is 63.7 Å². The van der Waals surface area contributed by atoms with E-state index in [1.165, 1.54) is 5.69 Å². The monoisotopic (exact) mass is 290 g/mol. The van der Waals surface area contributed by atoms with Gasteiger partial charge in [-0.25, -0.2) is 0 Å². The third kappa shape index (κ3) is 5.73. The second kappa shape index (κ2) is 8.64. The van der Waals surface area contributed by atoms with Crippen molar-refractivity contribution in [3.63, 3.8) is 0 Å². The third-order valence-electron chi connectivity index (χ3n) is 3.77. The van der Waals surface area contributed by atoms with Crippen LogP contribution in [0.3, 0.4) is 0 Å². The standard InChI is InChI=1S/C16H26N4O/c1-19(15-6-3-2-4-7-15)12-10-18-16(21)14-20-11-5-8-17-9-13-20/h2-4,6-7,17H,5,8-14H2,1H3,(H,18,21). The van der Waals surface area contributed by atoms with Gasteiger partial charge in [0.25, 0.3) is 0 Å². The molecule has 1 aromatic rings. The number of rotatable bonds is 6. The van der Waals surface area contributed by atoms with Crippen molar-refractivity contribution in [2.45, 2.75) is 6.42 Å². The average Bonchev–Trinajstić information content (AvgIpc) is 2.76. The van der Waals surface area contributed by atoms with Crippen molar-refractivity contribution in [1.82, 2.24) is 15.5 Å². The number of hydrogen-bond donors (Lipinski definition) is 2. The first kappa shape index (κ1) is 15.8. The lowest BCUT2D eigenvalue weighted by atomic mass is 10.3. The van der Waals surface area contributed by atoms with Crippen LogP contribution in [0, 0.1) is 0 Å². The first-order valence-electron chi connectivity index (χ1n) is 7.71. The molecular weight excluding hydrogens is 264 g/mol. The number of likely N-dealkylation sites (N-methyl/N-ethyl adjacent to an activating group) is 1. The maximum atomic E-state index is 11.9. The zero-order valence-electron chi connectivity index (χ0n) is 12.8. The van der Waals surface area contributed by atoms with Crippen LogP contribution >= 0.6 is 0 Å². The zero-order chi connectivity index (χ0) is 14.9. The molecule has 0 aliphatic carbocycles. The molecule has 2 N–H and O–H groups in total. The van der Waals surface area contributed by atoms with E-state index in [0.29, 0.717) is 13.1 Å². The van der Waals surface area contributed by atoms with E-state index in [-0.39, 0.29) is 5.91 Å². The largest absolute Gasteiger partial charge is 0.373 e. The topological polar surface area (TPSA) is 47.6 Å². The fraction of sp³-hybridized carbons (Fsp3) is 0.562. The molecule has 1 aliphatic heterocycles. The highest BCUT2D eigenvalue weighted by Crippen LogP contribution is 2.09. The molecule has 0 saturated carbocycles. The van der Waals surface area contributed by atoms with Gasteiger partial charge in [-0.15, -0.1) is 0 Å². The van der Waals surface area contributed by atoms with E-state index in [0.717, 1.165) is 39.1 Å². The van der Waals surface area contributed by atoms with Crippen LogP contribution in [0.15, 0.2) is 30.3 Å². The van der Waals surface area contributed by atoms with Crippen LogP contribution < -0.4 is 15.5 Å². The lowest BCUT2D eigenvalue weighted by Gasteiger charge is -2.21. The Bertz CT molecular complexity index is 416. The molecule has 2 rings (SSSR count). The van der Waals surface area contributed by atoms with Gasteiger partial charge in [0.15, 0.2) is 0 Å². The van der Waals surface area contributed by atoms with E-state index in [1.54, 1.807) is 0 Å². The van der Waals surface area contributed by atoms with Gasteiger partial charge in [0.1, 0.15) is 0 Å². The molecule has 5 nitrogen and oxygen atoms in total. The number of benzene rings is 1. The maximum absolute atomic E-state index is 11.9. The number of carbonyl (C=O) groups is 1. The predicted molar refractivity (Wildman–Crippen MR) is 86.6 cm³/mol. The number of anilines is 1. The highest BCUT2D eigenvalue weighted by Gasteiger charge is 2.12. The number of nitrogens with one attached hydrogen (secondary N) is 2.